The molecule has 1 heterocycles. The summed E-state index contributed by atoms with van der Waals surface area (Å²) in [5, 5.41) is 0.669. The van der Waals surface area contributed by atoms with Gasteiger partial charge in [-0.25, -0.2) is 4.99 Å². The van der Waals surface area contributed by atoms with Gasteiger partial charge < -0.3 is 0 Å². The van der Waals surface area contributed by atoms with Gasteiger partial charge in [0.25, 0.3) is 5.91 Å². The number of carbonyl (C=O) groups is 1. The second-order valence-corrected chi connectivity index (χ2v) is 8.18. The first kappa shape index (κ1) is 19.2. The smallest absolute Gasteiger partial charge is 0.268 e. The maximum Gasteiger partial charge on any atom is 0.271 e. The number of nitrogens with zero attached hydrogens (tertiary/aromatic N) is 2. The van der Waals surface area contributed by atoms with Crippen LogP contribution < -0.4 is 4.90 Å². The topological polar surface area (TPSA) is 32.7 Å². The summed E-state index contributed by atoms with van der Waals surface area (Å²) in [6.45, 7) is 6.14. The number of amidine groups is 1. The van der Waals surface area contributed by atoms with Crippen LogP contribution in [-0.4, -0.2) is 11.1 Å². The van der Waals surface area contributed by atoms with Crippen LogP contribution in [0.15, 0.2) is 82.7 Å². The number of hydrogen-bond acceptors (Lipinski definition) is 3. The lowest BCUT2D eigenvalue weighted by Gasteiger charge is -2.16. The Labute approximate surface area is 175 Å². The largest absolute Gasteiger partial charge is 0.271 e. The van der Waals surface area contributed by atoms with Crippen molar-refractivity contribution < 1.29 is 4.79 Å². The number of amides is 1. The quantitative estimate of drug-likeness (QED) is 0.477. The number of thioether (sulfide) groups is 1. The summed E-state index contributed by atoms with van der Waals surface area (Å²) in [5.41, 5.74) is 6.18. The highest BCUT2D eigenvalue weighted by atomic mass is 32.2. The zero-order chi connectivity index (χ0) is 20.4. The summed E-state index contributed by atoms with van der Waals surface area (Å²) in [7, 11) is 0. The molecule has 0 aromatic heterocycles. The van der Waals surface area contributed by atoms with Crippen molar-refractivity contribution in [1.82, 2.24) is 0 Å². The van der Waals surface area contributed by atoms with Crippen molar-refractivity contribution in [2.24, 2.45) is 4.99 Å². The molecule has 4 heteroatoms. The third kappa shape index (κ3) is 4.17. The van der Waals surface area contributed by atoms with Crippen LogP contribution in [0.2, 0.25) is 0 Å². The maximum atomic E-state index is 13.3. The van der Waals surface area contributed by atoms with E-state index in [1.54, 1.807) is 4.90 Å². The van der Waals surface area contributed by atoms with E-state index < -0.39 is 0 Å². The highest BCUT2D eigenvalue weighted by Gasteiger charge is 2.34. The Morgan fingerprint density at radius 3 is 2.10 bits per heavy atom. The molecule has 0 atom stereocenters. The highest BCUT2D eigenvalue weighted by Crippen LogP contribution is 2.37. The minimum Gasteiger partial charge on any atom is -0.268 e. The number of anilines is 1. The highest BCUT2D eigenvalue weighted by molar-refractivity contribution is 8.19. The second kappa shape index (κ2) is 8.10. The van der Waals surface area contributed by atoms with Gasteiger partial charge in [0, 0.05) is 0 Å². The SMILES string of the molecule is Cc1ccc(N=C2S/C(=C\c3ccccc3C)C(=O)N2c2ccc(C)cc2)cc1. The first-order valence-electron chi connectivity index (χ1n) is 9.53. The van der Waals surface area contributed by atoms with Gasteiger partial charge >= 0.3 is 0 Å². The van der Waals surface area contributed by atoms with E-state index in [-0.39, 0.29) is 5.91 Å². The lowest BCUT2D eigenvalue weighted by atomic mass is 10.1. The molecule has 144 valence electrons. The molecule has 1 amide bonds. The van der Waals surface area contributed by atoms with Crippen LogP contribution in [0, 0.1) is 20.8 Å². The minimum absolute atomic E-state index is 0.0482. The van der Waals surface area contributed by atoms with Crippen LogP contribution in [0.4, 0.5) is 11.4 Å². The summed E-state index contributed by atoms with van der Waals surface area (Å²) < 4.78 is 0. The minimum atomic E-state index is -0.0482. The van der Waals surface area contributed by atoms with E-state index in [4.69, 9.17) is 4.99 Å². The molecule has 0 saturated carbocycles. The zero-order valence-corrected chi connectivity index (χ0v) is 17.5. The standard InChI is InChI=1S/C25H22N2OS/c1-17-8-12-21(13-9-17)26-25-27(22-14-10-18(2)11-15-22)24(28)23(29-25)16-20-7-5-4-6-19(20)3/h4-16H,1-3H3/b23-16-,26-25?. The van der Waals surface area contributed by atoms with Crippen molar-refractivity contribution in [1.29, 1.82) is 0 Å². The molecule has 3 nitrogen and oxygen atoms in total. The van der Waals surface area contributed by atoms with E-state index in [0.717, 1.165) is 28.1 Å². The predicted molar refractivity (Wildman–Crippen MR) is 124 cm³/mol. The van der Waals surface area contributed by atoms with Crippen LogP contribution in [0.5, 0.6) is 0 Å². The molecular formula is C25H22N2OS. The fourth-order valence-electron chi connectivity index (χ4n) is 3.09. The van der Waals surface area contributed by atoms with E-state index in [2.05, 4.69) is 13.0 Å². The molecule has 0 radical (unpaired) electrons. The molecule has 0 N–H and O–H groups in total. The monoisotopic (exact) mass is 398 g/mol. The fourth-order valence-corrected chi connectivity index (χ4v) is 4.08. The van der Waals surface area contributed by atoms with Crippen molar-refractivity contribution >= 4 is 40.3 Å². The van der Waals surface area contributed by atoms with Crippen molar-refractivity contribution in [2.75, 3.05) is 4.90 Å². The average molecular weight is 399 g/mol. The molecule has 1 saturated heterocycles. The lowest BCUT2D eigenvalue weighted by molar-refractivity contribution is -0.113. The maximum absolute atomic E-state index is 13.3. The van der Waals surface area contributed by atoms with Crippen LogP contribution in [0.25, 0.3) is 6.08 Å². The van der Waals surface area contributed by atoms with E-state index in [0.29, 0.717) is 10.1 Å². The van der Waals surface area contributed by atoms with Crippen molar-refractivity contribution in [3.8, 4) is 0 Å². The first-order valence-corrected chi connectivity index (χ1v) is 10.3. The molecule has 29 heavy (non-hydrogen) atoms. The third-order valence-electron chi connectivity index (χ3n) is 4.83. The van der Waals surface area contributed by atoms with E-state index in [9.17, 15) is 4.79 Å². The Bertz CT molecular complexity index is 1110. The lowest BCUT2D eigenvalue weighted by Crippen LogP contribution is -2.28. The number of aryl methyl sites for hydroxylation is 3. The Morgan fingerprint density at radius 2 is 1.45 bits per heavy atom. The van der Waals surface area contributed by atoms with Gasteiger partial charge in [0.2, 0.25) is 0 Å². The van der Waals surface area contributed by atoms with Crippen LogP contribution in [-0.2, 0) is 4.79 Å². The van der Waals surface area contributed by atoms with Crippen molar-refractivity contribution in [2.45, 2.75) is 20.8 Å². The predicted octanol–water partition coefficient (Wildman–Crippen LogP) is 6.42. The number of benzene rings is 3. The van der Waals surface area contributed by atoms with Gasteiger partial charge in [0.1, 0.15) is 0 Å². The molecular weight excluding hydrogens is 376 g/mol. The first-order chi connectivity index (χ1) is 14.0. The molecule has 3 aromatic rings. The average Bonchev–Trinajstić information content (AvgIpc) is 3.01. The Morgan fingerprint density at radius 1 is 0.828 bits per heavy atom. The number of hydrogen-bond donors (Lipinski definition) is 0. The third-order valence-corrected chi connectivity index (χ3v) is 5.80. The van der Waals surface area contributed by atoms with E-state index >= 15 is 0 Å². The van der Waals surface area contributed by atoms with E-state index in [1.807, 2.05) is 86.7 Å². The van der Waals surface area contributed by atoms with Gasteiger partial charge in [0.05, 0.1) is 16.3 Å². The van der Waals surface area contributed by atoms with Gasteiger partial charge in [-0.3, -0.25) is 9.69 Å². The Balaban J connectivity index is 1.78. The van der Waals surface area contributed by atoms with Gasteiger partial charge in [-0.15, -0.1) is 0 Å². The van der Waals surface area contributed by atoms with Gasteiger partial charge in [-0.05, 0) is 74.0 Å². The molecule has 0 aliphatic carbocycles. The molecule has 1 aliphatic heterocycles. The van der Waals surface area contributed by atoms with Crippen LogP contribution in [0.3, 0.4) is 0 Å². The normalized spacial score (nSPS) is 16.8. The second-order valence-electron chi connectivity index (χ2n) is 7.17. The van der Waals surface area contributed by atoms with Crippen LogP contribution in [0.1, 0.15) is 22.3 Å². The van der Waals surface area contributed by atoms with Gasteiger partial charge in [0.15, 0.2) is 5.17 Å². The molecule has 4 rings (SSSR count). The molecule has 1 fully saturated rings. The summed E-state index contributed by atoms with van der Waals surface area (Å²) in [4.78, 5) is 20.5. The van der Waals surface area contributed by atoms with E-state index in [1.165, 1.54) is 17.3 Å². The van der Waals surface area contributed by atoms with Gasteiger partial charge in [-0.2, -0.15) is 0 Å². The van der Waals surface area contributed by atoms with Crippen molar-refractivity contribution in [3.63, 3.8) is 0 Å². The number of rotatable bonds is 3. The summed E-state index contributed by atoms with van der Waals surface area (Å²) in [6.07, 6.45) is 1.96. The van der Waals surface area contributed by atoms with Crippen molar-refractivity contribution in [3.05, 3.63) is 100.0 Å². The summed E-state index contributed by atoms with van der Waals surface area (Å²) in [6, 6.07) is 24.0. The molecule has 1 aliphatic rings. The molecule has 0 unspecified atom stereocenters. The Kier molecular flexibility index (Phi) is 5.36. The molecule has 0 bridgehead atoms. The van der Waals surface area contributed by atoms with Crippen LogP contribution >= 0.6 is 11.8 Å². The summed E-state index contributed by atoms with van der Waals surface area (Å²) in [5.74, 6) is -0.0482. The fraction of sp³-hybridized carbons (Fsp3) is 0.120. The Hall–Kier alpha value is -3.11. The summed E-state index contributed by atoms with van der Waals surface area (Å²) >= 11 is 1.42. The molecule has 0 spiro atoms. The zero-order valence-electron chi connectivity index (χ0n) is 16.7. The number of aliphatic imine (C=N–C) groups is 1. The number of carbonyl (C=O) groups excluding carboxylic acids is 1. The molecule has 3 aromatic carbocycles. The van der Waals surface area contributed by atoms with Gasteiger partial charge in [-0.1, -0.05) is 59.7 Å².